The maximum Gasteiger partial charge on any atom is 0.251 e. The van der Waals surface area contributed by atoms with Crippen LogP contribution in [0.5, 0.6) is 0 Å². The van der Waals surface area contributed by atoms with E-state index < -0.39 is 9.84 Å². The lowest BCUT2D eigenvalue weighted by Gasteiger charge is -2.39. The van der Waals surface area contributed by atoms with Crippen molar-refractivity contribution < 1.29 is 18.0 Å². The first-order valence-electron chi connectivity index (χ1n) is 10.4. The van der Waals surface area contributed by atoms with E-state index >= 15 is 0 Å². The molecular formula is C24H25NO4S. The molecule has 156 valence electrons. The Morgan fingerprint density at radius 2 is 1.73 bits per heavy atom. The van der Waals surface area contributed by atoms with E-state index in [1.807, 2.05) is 0 Å². The largest absolute Gasteiger partial charge is 0.349 e. The van der Waals surface area contributed by atoms with Crippen LogP contribution in [-0.4, -0.2) is 26.2 Å². The number of fused-ring (bicyclic) bond motifs is 4. The Hall–Kier alpha value is -2.47. The van der Waals surface area contributed by atoms with Gasteiger partial charge in [0.15, 0.2) is 5.78 Å². The van der Waals surface area contributed by atoms with Gasteiger partial charge in [0.2, 0.25) is 9.84 Å². The standard InChI is InChI=1S/C24H25NO4S/c1-23(2)15-10-11-24(23,3)20(13-15)25-22(27)14-8-9-17-19(12-14)30(28,29)18-7-5-4-6-16(18)21(17)26/h4-9,12,15,20H,10-11,13H2,1-3H3,(H,25,27). The first-order chi connectivity index (χ1) is 14.1. The van der Waals surface area contributed by atoms with Crippen molar-refractivity contribution in [3.05, 3.63) is 59.2 Å². The van der Waals surface area contributed by atoms with Crippen LogP contribution >= 0.6 is 0 Å². The highest BCUT2D eigenvalue weighted by Crippen LogP contribution is 2.65. The van der Waals surface area contributed by atoms with E-state index in [-0.39, 0.29) is 55.0 Å². The second-order valence-corrected chi connectivity index (χ2v) is 11.6. The Labute approximate surface area is 176 Å². The van der Waals surface area contributed by atoms with Crippen LogP contribution in [0.1, 0.15) is 66.3 Å². The van der Waals surface area contributed by atoms with E-state index in [4.69, 9.17) is 0 Å². The highest BCUT2D eigenvalue weighted by molar-refractivity contribution is 7.91. The molecule has 2 aliphatic carbocycles. The maximum absolute atomic E-state index is 13.1. The number of benzene rings is 2. The van der Waals surface area contributed by atoms with Crippen LogP contribution in [0.15, 0.2) is 52.3 Å². The second-order valence-electron chi connectivity index (χ2n) is 9.68. The van der Waals surface area contributed by atoms with E-state index in [1.54, 1.807) is 18.2 Å². The molecule has 0 aromatic heterocycles. The fourth-order valence-corrected chi connectivity index (χ4v) is 7.57. The molecular weight excluding hydrogens is 398 g/mol. The zero-order chi connectivity index (χ0) is 21.5. The summed E-state index contributed by atoms with van der Waals surface area (Å²) in [5.41, 5.74) is 0.772. The number of hydrogen-bond acceptors (Lipinski definition) is 4. The molecule has 6 heteroatoms. The minimum atomic E-state index is -3.86. The van der Waals surface area contributed by atoms with Crippen LogP contribution in [0.25, 0.3) is 0 Å². The summed E-state index contributed by atoms with van der Waals surface area (Å²) in [6, 6.07) is 10.7. The summed E-state index contributed by atoms with van der Waals surface area (Å²) in [5.74, 6) is -0.0236. The van der Waals surface area contributed by atoms with Crippen LogP contribution < -0.4 is 5.32 Å². The maximum atomic E-state index is 13.1. The van der Waals surface area contributed by atoms with E-state index in [1.165, 1.54) is 30.7 Å². The monoisotopic (exact) mass is 423 g/mol. The van der Waals surface area contributed by atoms with Gasteiger partial charge in [-0.25, -0.2) is 8.42 Å². The molecule has 1 heterocycles. The zero-order valence-electron chi connectivity index (χ0n) is 17.4. The Morgan fingerprint density at radius 3 is 2.40 bits per heavy atom. The SMILES string of the molecule is CC1(C)C2CCC1(C)C(NC(=O)c1ccc3c(c1)S(=O)(=O)c1ccccc1C3=O)C2. The molecule has 3 atom stereocenters. The van der Waals surface area contributed by atoms with Gasteiger partial charge in [-0.1, -0.05) is 32.9 Å². The molecule has 2 bridgehead atoms. The molecule has 1 N–H and O–H groups in total. The van der Waals surface area contributed by atoms with Crippen LogP contribution in [-0.2, 0) is 9.84 Å². The average molecular weight is 424 g/mol. The summed E-state index contributed by atoms with van der Waals surface area (Å²) in [4.78, 5) is 25.8. The smallest absolute Gasteiger partial charge is 0.251 e. The molecule has 3 unspecified atom stereocenters. The van der Waals surface area contributed by atoms with Crippen molar-refractivity contribution in [2.75, 3.05) is 0 Å². The third kappa shape index (κ3) is 2.37. The normalized spacial score (nSPS) is 29.9. The summed E-state index contributed by atoms with van der Waals surface area (Å²) < 4.78 is 26.2. The summed E-state index contributed by atoms with van der Waals surface area (Å²) in [7, 11) is -3.86. The molecule has 2 saturated carbocycles. The molecule has 0 saturated heterocycles. The second kappa shape index (κ2) is 6.03. The molecule has 0 spiro atoms. The van der Waals surface area contributed by atoms with Gasteiger partial charge in [-0.15, -0.1) is 0 Å². The number of amides is 1. The minimum Gasteiger partial charge on any atom is -0.349 e. The van der Waals surface area contributed by atoms with E-state index in [0.29, 0.717) is 5.92 Å². The number of ketones is 1. The van der Waals surface area contributed by atoms with Gasteiger partial charge in [-0.2, -0.15) is 0 Å². The van der Waals surface area contributed by atoms with Gasteiger partial charge < -0.3 is 5.32 Å². The lowest BCUT2D eigenvalue weighted by atomic mass is 9.69. The number of nitrogens with one attached hydrogen (secondary N) is 1. The highest BCUT2D eigenvalue weighted by Gasteiger charge is 2.61. The zero-order valence-corrected chi connectivity index (χ0v) is 18.2. The van der Waals surface area contributed by atoms with E-state index in [2.05, 4.69) is 26.1 Å². The van der Waals surface area contributed by atoms with Gasteiger partial charge in [0, 0.05) is 22.7 Å². The number of rotatable bonds is 2. The molecule has 5 nitrogen and oxygen atoms in total. The quantitative estimate of drug-likeness (QED) is 0.675. The third-order valence-electron chi connectivity index (χ3n) is 8.30. The Kier molecular flexibility index (Phi) is 3.92. The Morgan fingerprint density at radius 1 is 1.03 bits per heavy atom. The molecule has 1 amide bonds. The first kappa shape index (κ1) is 19.5. The number of carbonyl (C=O) groups excluding carboxylic acids is 2. The van der Waals surface area contributed by atoms with Crippen LogP contribution in [0, 0.1) is 16.7 Å². The van der Waals surface area contributed by atoms with Crippen molar-refractivity contribution in [2.24, 2.45) is 16.7 Å². The van der Waals surface area contributed by atoms with Crippen LogP contribution in [0.3, 0.4) is 0 Å². The summed E-state index contributed by atoms with van der Waals surface area (Å²) >= 11 is 0. The molecule has 3 aliphatic rings. The molecule has 30 heavy (non-hydrogen) atoms. The topological polar surface area (TPSA) is 80.3 Å². The van der Waals surface area contributed by atoms with Crippen molar-refractivity contribution in [3.8, 4) is 0 Å². The molecule has 0 radical (unpaired) electrons. The minimum absolute atomic E-state index is 0.00224. The van der Waals surface area contributed by atoms with Gasteiger partial charge in [-0.05, 0) is 66.3 Å². The van der Waals surface area contributed by atoms with Gasteiger partial charge >= 0.3 is 0 Å². The molecule has 2 aromatic carbocycles. The molecule has 2 aromatic rings. The molecule has 1 aliphatic heterocycles. The van der Waals surface area contributed by atoms with Crippen molar-refractivity contribution in [1.82, 2.24) is 5.32 Å². The van der Waals surface area contributed by atoms with Crippen molar-refractivity contribution in [3.63, 3.8) is 0 Å². The van der Waals surface area contributed by atoms with Gasteiger partial charge in [0.05, 0.1) is 9.79 Å². The van der Waals surface area contributed by atoms with Crippen molar-refractivity contribution >= 4 is 21.5 Å². The van der Waals surface area contributed by atoms with Crippen molar-refractivity contribution in [2.45, 2.75) is 55.9 Å². The number of carbonyl (C=O) groups is 2. The fraction of sp³-hybridized carbons (Fsp3) is 0.417. The van der Waals surface area contributed by atoms with Crippen LogP contribution in [0.2, 0.25) is 0 Å². The lowest BCUT2D eigenvalue weighted by molar-refractivity contribution is 0.0825. The van der Waals surface area contributed by atoms with E-state index in [9.17, 15) is 18.0 Å². The van der Waals surface area contributed by atoms with E-state index in [0.717, 1.165) is 12.8 Å². The van der Waals surface area contributed by atoms with Gasteiger partial charge in [0.1, 0.15) is 0 Å². The third-order valence-corrected chi connectivity index (χ3v) is 10.2. The number of hydrogen-bond donors (Lipinski definition) is 1. The predicted octanol–water partition coefficient (Wildman–Crippen LogP) is 4.01. The summed E-state index contributed by atoms with van der Waals surface area (Å²) in [6.45, 7) is 6.81. The fourth-order valence-electron chi connectivity index (χ4n) is 5.89. The van der Waals surface area contributed by atoms with Gasteiger partial charge in [-0.3, -0.25) is 9.59 Å². The number of sulfone groups is 1. The average Bonchev–Trinajstić information content (AvgIpc) is 3.05. The first-order valence-corrected chi connectivity index (χ1v) is 11.9. The lowest BCUT2D eigenvalue weighted by Crippen LogP contribution is -2.46. The van der Waals surface area contributed by atoms with Crippen LogP contribution in [0.4, 0.5) is 0 Å². The Bertz CT molecular complexity index is 1210. The predicted molar refractivity (Wildman–Crippen MR) is 112 cm³/mol. The Balaban J connectivity index is 1.49. The highest BCUT2D eigenvalue weighted by atomic mass is 32.2. The molecule has 2 fully saturated rings. The summed E-state index contributed by atoms with van der Waals surface area (Å²) in [6.07, 6.45) is 3.22. The summed E-state index contributed by atoms with van der Waals surface area (Å²) in [5, 5.41) is 3.17. The van der Waals surface area contributed by atoms with Crippen molar-refractivity contribution in [1.29, 1.82) is 0 Å². The molecule has 5 rings (SSSR count). The van der Waals surface area contributed by atoms with Gasteiger partial charge in [0.25, 0.3) is 5.91 Å².